The van der Waals surface area contributed by atoms with Crippen molar-refractivity contribution in [1.82, 2.24) is 5.32 Å². The van der Waals surface area contributed by atoms with Crippen molar-refractivity contribution in [2.24, 2.45) is 5.92 Å². The van der Waals surface area contributed by atoms with E-state index in [4.69, 9.17) is 13.6 Å². The van der Waals surface area contributed by atoms with E-state index in [0.717, 1.165) is 22.3 Å². The molecule has 1 aliphatic carbocycles. The zero-order valence-corrected chi connectivity index (χ0v) is 29.1. The first-order valence-corrected chi connectivity index (χ1v) is 19.0. The number of benzene rings is 2. The third kappa shape index (κ3) is 8.16. The molecule has 3 atom stereocenters. The number of carboxylic acids is 1. The molecule has 43 heavy (non-hydrogen) atoms. The van der Waals surface area contributed by atoms with Crippen LogP contribution in [0.2, 0.25) is 22.2 Å². The zero-order chi connectivity index (χ0) is 32.1. The van der Waals surface area contributed by atoms with E-state index in [1.807, 2.05) is 64.1 Å². The molecule has 0 aromatic heterocycles. The minimum atomic E-state index is -3.28. The summed E-state index contributed by atoms with van der Waals surface area (Å²) < 4.78 is 18.6. The van der Waals surface area contributed by atoms with Gasteiger partial charge in [0.2, 0.25) is 9.04 Å². The van der Waals surface area contributed by atoms with E-state index >= 15 is 0 Å². The Bertz CT molecular complexity index is 1170. The molecule has 0 saturated carbocycles. The highest BCUT2D eigenvalue weighted by molar-refractivity contribution is 6.68. The van der Waals surface area contributed by atoms with Crippen LogP contribution < -0.4 is 5.32 Å². The van der Waals surface area contributed by atoms with Crippen molar-refractivity contribution in [1.29, 1.82) is 0 Å². The fourth-order valence-electron chi connectivity index (χ4n) is 6.05. The lowest BCUT2D eigenvalue weighted by Crippen LogP contribution is -2.56. The number of hydrogen-bond donors (Lipinski definition) is 3. The summed E-state index contributed by atoms with van der Waals surface area (Å²) in [6, 6.07) is 14.8. The third-order valence-corrected chi connectivity index (χ3v) is 15.3. The van der Waals surface area contributed by atoms with Crippen LogP contribution in [0.1, 0.15) is 79.4 Å². The van der Waals surface area contributed by atoms with E-state index in [0.29, 0.717) is 11.1 Å². The number of amides is 1. The highest BCUT2D eigenvalue weighted by atomic mass is 28.4. The van der Waals surface area contributed by atoms with Gasteiger partial charge in [0.15, 0.2) is 0 Å². The molecule has 1 aliphatic rings. The Hall–Kier alpha value is -2.51. The van der Waals surface area contributed by atoms with Gasteiger partial charge in [0, 0.05) is 11.8 Å². The van der Waals surface area contributed by atoms with Crippen LogP contribution in [0, 0.1) is 5.92 Å². The molecule has 0 spiro atoms. The van der Waals surface area contributed by atoms with Crippen LogP contribution in [0.5, 0.6) is 0 Å². The van der Waals surface area contributed by atoms with E-state index in [-0.39, 0.29) is 30.2 Å². The number of rotatable bonds is 15. The summed E-state index contributed by atoms with van der Waals surface area (Å²) in [7, 11) is -4.52. The van der Waals surface area contributed by atoms with E-state index in [2.05, 4.69) is 45.1 Å². The largest absolute Gasteiger partial charge is 0.480 e. The zero-order valence-electron chi connectivity index (χ0n) is 27.1. The quantitative estimate of drug-likeness (QED) is 0.181. The smallest absolute Gasteiger partial charge is 0.407 e. The van der Waals surface area contributed by atoms with Gasteiger partial charge in [0.1, 0.15) is 12.6 Å². The summed E-state index contributed by atoms with van der Waals surface area (Å²) >= 11 is 0. The van der Waals surface area contributed by atoms with Crippen LogP contribution >= 0.6 is 0 Å². The highest BCUT2D eigenvalue weighted by Gasteiger charge is 2.46. The minimum absolute atomic E-state index is 0.0749. The van der Waals surface area contributed by atoms with Crippen LogP contribution in [0.15, 0.2) is 48.5 Å². The number of nitrogens with one attached hydrogen (secondary N) is 1. The van der Waals surface area contributed by atoms with Gasteiger partial charge in [-0.15, -0.1) is 0 Å². The maximum atomic E-state index is 13.1. The Morgan fingerprint density at radius 1 is 0.860 bits per heavy atom. The fraction of sp³-hybridized carbons (Fsp3) is 0.576. The number of alkyl carbamates (subject to hydrolysis) is 1. The second-order valence-electron chi connectivity index (χ2n) is 12.9. The van der Waals surface area contributed by atoms with Crippen LogP contribution in [0.25, 0.3) is 11.1 Å². The maximum Gasteiger partial charge on any atom is 0.407 e. The van der Waals surface area contributed by atoms with E-state index in [1.54, 1.807) is 6.92 Å². The van der Waals surface area contributed by atoms with E-state index < -0.39 is 47.7 Å². The number of aliphatic carboxylic acids is 1. The molecule has 0 saturated heterocycles. The Balaban J connectivity index is 1.79. The predicted octanol–water partition coefficient (Wildman–Crippen LogP) is 7.08. The van der Waals surface area contributed by atoms with Gasteiger partial charge in [-0.3, -0.25) is 0 Å². The van der Waals surface area contributed by atoms with Gasteiger partial charge in [0.05, 0.1) is 12.7 Å². The molecule has 10 heteroatoms. The van der Waals surface area contributed by atoms with Crippen molar-refractivity contribution in [2.75, 3.05) is 13.2 Å². The normalized spacial score (nSPS) is 15.6. The van der Waals surface area contributed by atoms with Crippen molar-refractivity contribution in [2.45, 2.75) is 103 Å². The molecule has 3 rings (SSSR count). The number of carboxylic acid groups (broad SMARTS) is 1. The monoisotopic (exact) mass is 628 g/mol. The van der Waals surface area contributed by atoms with Crippen molar-refractivity contribution in [3.8, 4) is 11.1 Å². The van der Waals surface area contributed by atoms with Gasteiger partial charge in [0.25, 0.3) is 0 Å². The number of fused-ring (bicyclic) bond motifs is 3. The summed E-state index contributed by atoms with van der Waals surface area (Å²) in [5.74, 6) is -2.06. The third-order valence-electron chi connectivity index (χ3n) is 8.54. The molecule has 0 heterocycles. The molecule has 2 aromatic carbocycles. The molecule has 0 unspecified atom stereocenters. The molecule has 0 fully saturated rings. The van der Waals surface area contributed by atoms with Gasteiger partial charge >= 0.3 is 20.6 Å². The van der Waals surface area contributed by atoms with E-state index in [1.165, 1.54) is 0 Å². The Labute approximate surface area is 260 Å². The Morgan fingerprint density at radius 3 is 1.79 bits per heavy atom. The summed E-state index contributed by atoms with van der Waals surface area (Å²) in [5, 5.41) is 12.8. The molecule has 0 bridgehead atoms. The summed E-state index contributed by atoms with van der Waals surface area (Å²) in [6.07, 6.45) is -1.55. The summed E-state index contributed by atoms with van der Waals surface area (Å²) in [5.41, 5.74) is 4.79. The lowest BCUT2D eigenvalue weighted by Gasteiger charge is -2.40. The van der Waals surface area contributed by atoms with Gasteiger partial charge in [-0.05, 0) is 44.4 Å². The summed E-state index contributed by atoms with van der Waals surface area (Å²) in [4.78, 5) is 37.3. The first kappa shape index (κ1) is 35.0. The van der Waals surface area contributed by atoms with Gasteiger partial charge in [-0.25, -0.2) is 9.59 Å². The lowest BCUT2D eigenvalue weighted by molar-refractivity contribution is -0.142. The fourth-order valence-corrected chi connectivity index (χ4v) is 11.1. The second-order valence-corrected chi connectivity index (χ2v) is 20.3. The first-order chi connectivity index (χ1) is 20.2. The average Bonchev–Trinajstić information content (AvgIpc) is 3.26. The van der Waals surface area contributed by atoms with Crippen molar-refractivity contribution >= 4 is 29.7 Å². The Morgan fingerprint density at radius 2 is 1.35 bits per heavy atom. The minimum Gasteiger partial charge on any atom is -0.480 e. The highest BCUT2D eigenvalue weighted by Crippen LogP contribution is 2.44. The number of carbonyl (C=O) groups is 2. The first-order valence-electron chi connectivity index (χ1n) is 15.4. The summed E-state index contributed by atoms with van der Waals surface area (Å²) in [6.45, 7) is 18.1. The molecule has 3 N–H and O–H groups in total. The molecule has 2 aromatic rings. The van der Waals surface area contributed by atoms with Crippen molar-refractivity contribution in [3.63, 3.8) is 0 Å². The number of hydrogen-bond acceptors (Lipinski definition) is 6. The van der Waals surface area contributed by atoms with Gasteiger partial charge in [-0.1, -0.05) is 111 Å². The lowest BCUT2D eigenvalue weighted by atomic mass is 9.96. The molecule has 1 radical (unpaired) electrons. The average molecular weight is 629 g/mol. The molecular weight excluding hydrogens is 579 g/mol. The Kier molecular flexibility index (Phi) is 12.2. The number of ether oxygens (including phenoxy) is 1. The SMILES string of the molecule is CC(C)[Si](OC[C@H](O[Si](O)(C(C)C)C(C)C)[C@H](C)[C@H](NC(=O)OCC1c2ccccc2-c2ccccc21)C(=O)O)C(C)C. The predicted molar refractivity (Wildman–Crippen MR) is 174 cm³/mol. The molecular formula is C33H50NO7Si2. The van der Waals surface area contributed by atoms with Crippen molar-refractivity contribution < 1.29 is 33.1 Å². The van der Waals surface area contributed by atoms with Crippen LogP contribution in [0.4, 0.5) is 4.79 Å². The topological polar surface area (TPSA) is 114 Å². The standard InChI is InChI=1S/C33H50NO7Si2/c1-20(2)42(21(3)4)40-19-30(41-43(38,22(5)6)23(7)8)24(9)31(32(35)36)34-33(37)39-18-29-27-16-12-10-14-25(27)26-15-11-13-17-28(26)29/h10-17,20-24,29-31,38H,18-19H2,1-9H3,(H,34,37)(H,35,36)/t24-,30-,31-/m0/s1. The van der Waals surface area contributed by atoms with Gasteiger partial charge in [-0.2, -0.15) is 0 Å². The van der Waals surface area contributed by atoms with E-state index in [9.17, 15) is 19.5 Å². The second kappa shape index (κ2) is 15.0. The van der Waals surface area contributed by atoms with Crippen LogP contribution in [-0.4, -0.2) is 64.9 Å². The maximum absolute atomic E-state index is 13.1. The van der Waals surface area contributed by atoms with Crippen LogP contribution in [0.3, 0.4) is 0 Å². The molecule has 237 valence electrons. The number of carbonyl (C=O) groups excluding carboxylic acids is 1. The van der Waals surface area contributed by atoms with Gasteiger partial charge < -0.3 is 28.8 Å². The van der Waals surface area contributed by atoms with Crippen LogP contribution in [-0.2, 0) is 18.4 Å². The molecule has 0 aliphatic heterocycles. The van der Waals surface area contributed by atoms with Crippen molar-refractivity contribution in [3.05, 3.63) is 59.7 Å². The molecule has 8 nitrogen and oxygen atoms in total. The molecule has 1 amide bonds.